The molecule has 0 unspecified atom stereocenters. The summed E-state index contributed by atoms with van der Waals surface area (Å²) in [5, 5.41) is 20.7. The van der Waals surface area contributed by atoms with Gasteiger partial charge in [-0.1, -0.05) is 0 Å². The van der Waals surface area contributed by atoms with E-state index in [0.717, 1.165) is 0 Å². The quantitative estimate of drug-likeness (QED) is 0.291. The number of hydrazine groups is 1. The predicted molar refractivity (Wildman–Crippen MR) is 96.9 cm³/mol. The average molecular weight is 374 g/mol. The van der Waals surface area contributed by atoms with Crippen LogP contribution in [-0.4, -0.2) is 37.3 Å². The van der Waals surface area contributed by atoms with Crippen LogP contribution < -0.4 is 25.5 Å². The normalized spacial score (nSPS) is 10.7. The fourth-order valence-corrected chi connectivity index (χ4v) is 2.84. The fourth-order valence-electron chi connectivity index (χ4n) is 2.84. The van der Waals surface area contributed by atoms with Crippen molar-refractivity contribution in [3.63, 3.8) is 0 Å². The van der Waals surface area contributed by atoms with Crippen LogP contribution in [0, 0.1) is 0 Å². The molecule has 0 saturated heterocycles. The second kappa shape index (κ2) is 6.96. The number of nitrogen functional groups attached to an aromatic ring is 1. The minimum atomic E-state index is -0.512. The molecule has 142 valence electrons. The molecule has 5 N–H and O–H groups in total. The van der Waals surface area contributed by atoms with E-state index in [1.807, 2.05) is 0 Å². The number of ketones is 1. The number of methoxy groups -OCH3 is 3. The Hall–Kier alpha value is -3.59. The van der Waals surface area contributed by atoms with Crippen molar-refractivity contribution in [3.8, 4) is 28.7 Å². The van der Waals surface area contributed by atoms with Crippen LogP contribution >= 0.6 is 0 Å². The molecule has 1 aromatic heterocycles. The van der Waals surface area contributed by atoms with Crippen molar-refractivity contribution >= 4 is 22.6 Å². The molecule has 0 aliphatic heterocycles. The summed E-state index contributed by atoms with van der Waals surface area (Å²) in [5.74, 6) is 4.86. The van der Waals surface area contributed by atoms with Gasteiger partial charge in [0, 0.05) is 10.9 Å². The van der Waals surface area contributed by atoms with E-state index in [9.17, 15) is 15.0 Å². The van der Waals surface area contributed by atoms with Crippen molar-refractivity contribution in [1.29, 1.82) is 0 Å². The molecule has 0 spiro atoms. The molecule has 0 aliphatic rings. The number of carbonyl (C=O) groups excluding carboxylic acids is 1. The monoisotopic (exact) mass is 374 g/mol. The zero-order chi connectivity index (χ0) is 19.7. The first-order valence-electron chi connectivity index (χ1n) is 7.75. The summed E-state index contributed by atoms with van der Waals surface area (Å²) in [5.41, 5.74) is 2.54. The van der Waals surface area contributed by atoms with Crippen LogP contribution in [0.2, 0.25) is 0 Å². The number of hydrogen-bond acceptors (Lipinski definition) is 9. The molecular weight excluding hydrogens is 356 g/mol. The van der Waals surface area contributed by atoms with Crippen molar-refractivity contribution in [2.45, 2.75) is 0 Å². The third kappa shape index (κ3) is 2.83. The zero-order valence-corrected chi connectivity index (χ0v) is 14.8. The highest BCUT2D eigenvalue weighted by Crippen LogP contribution is 2.43. The molecule has 0 aliphatic carbocycles. The Labute approximate surface area is 153 Å². The van der Waals surface area contributed by atoms with Crippen molar-refractivity contribution in [3.05, 3.63) is 35.4 Å². The lowest BCUT2D eigenvalue weighted by Gasteiger charge is -2.11. The lowest BCUT2D eigenvalue weighted by atomic mass is 10.0. The Morgan fingerprint density at radius 3 is 2.37 bits per heavy atom. The number of benzene rings is 2. The Balaban J connectivity index is 2.22. The van der Waals surface area contributed by atoms with E-state index in [1.54, 1.807) is 6.07 Å². The number of rotatable bonds is 6. The van der Waals surface area contributed by atoms with Crippen molar-refractivity contribution in [1.82, 2.24) is 0 Å². The van der Waals surface area contributed by atoms with Gasteiger partial charge in [-0.25, -0.2) is 5.84 Å². The van der Waals surface area contributed by atoms with Crippen LogP contribution in [0.3, 0.4) is 0 Å². The molecule has 1 heterocycles. The van der Waals surface area contributed by atoms with Gasteiger partial charge in [0.15, 0.2) is 28.6 Å². The molecule has 27 heavy (non-hydrogen) atoms. The number of nitrogens with two attached hydrogens (primary N) is 1. The SMILES string of the molecule is COc1cc(C(=O)c2c(NN)oc3c(O)c(OC)ccc23)cc(O)c1OC. The van der Waals surface area contributed by atoms with Gasteiger partial charge in [-0.3, -0.25) is 10.2 Å². The van der Waals surface area contributed by atoms with E-state index in [1.165, 1.54) is 39.5 Å². The van der Waals surface area contributed by atoms with E-state index in [-0.39, 0.29) is 51.3 Å². The molecule has 0 bridgehead atoms. The first-order valence-corrected chi connectivity index (χ1v) is 7.75. The lowest BCUT2D eigenvalue weighted by molar-refractivity contribution is 0.103. The number of anilines is 1. The molecule has 9 heteroatoms. The molecule has 0 atom stereocenters. The molecule has 3 aromatic rings. The van der Waals surface area contributed by atoms with Gasteiger partial charge in [0.1, 0.15) is 0 Å². The number of phenolic OH excluding ortho intramolecular Hbond substituents is 2. The summed E-state index contributed by atoms with van der Waals surface area (Å²) < 4.78 is 20.8. The number of hydrogen-bond donors (Lipinski definition) is 4. The molecule has 0 radical (unpaired) electrons. The highest BCUT2D eigenvalue weighted by Gasteiger charge is 2.26. The number of nitrogens with one attached hydrogen (secondary N) is 1. The summed E-state index contributed by atoms with van der Waals surface area (Å²) in [6.45, 7) is 0. The van der Waals surface area contributed by atoms with Gasteiger partial charge >= 0.3 is 0 Å². The molecule has 9 nitrogen and oxygen atoms in total. The molecule has 0 saturated carbocycles. The summed E-state index contributed by atoms with van der Waals surface area (Å²) in [4.78, 5) is 13.1. The number of phenols is 2. The molecule has 0 amide bonds. The Bertz CT molecular complexity index is 1030. The van der Waals surface area contributed by atoms with Gasteiger partial charge in [-0.15, -0.1) is 0 Å². The Kier molecular flexibility index (Phi) is 4.70. The summed E-state index contributed by atoms with van der Waals surface area (Å²) in [7, 11) is 4.15. The summed E-state index contributed by atoms with van der Waals surface area (Å²) in [6, 6.07) is 5.72. The largest absolute Gasteiger partial charge is 0.504 e. The number of aromatic hydroxyl groups is 2. The van der Waals surface area contributed by atoms with Crippen molar-refractivity contribution in [2.24, 2.45) is 5.84 Å². The summed E-state index contributed by atoms with van der Waals surface area (Å²) >= 11 is 0. The number of furan rings is 1. The maximum absolute atomic E-state index is 13.1. The van der Waals surface area contributed by atoms with Crippen LogP contribution in [0.4, 0.5) is 5.88 Å². The molecule has 3 rings (SSSR count). The van der Waals surface area contributed by atoms with E-state index in [4.69, 9.17) is 24.5 Å². The minimum absolute atomic E-state index is 0.0374. The second-order valence-electron chi connectivity index (χ2n) is 5.50. The van der Waals surface area contributed by atoms with Crippen LogP contribution in [-0.2, 0) is 0 Å². The summed E-state index contributed by atoms with van der Waals surface area (Å²) in [6.07, 6.45) is 0. The molecule has 2 aromatic carbocycles. The van der Waals surface area contributed by atoms with Gasteiger partial charge in [-0.05, 0) is 24.3 Å². The predicted octanol–water partition coefficient (Wildman–Crippen LogP) is 2.39. The third-order valence-electron chi connectivity index (χ3n) is 4.09. The fraction of sp³-hybridized carbons (Fsp3) is 0.167. The number of fused-ring (bicyclic) bond motifs is 1. The van der Waals surface area contributed by atoms with E-state index >= 15 is 0 Å². The van der Waals surface area contributed by atoms with Crippen molar-refractivity contribution in [2.75, 3.05) is 26.8 Å². The maximum atomic E-state index is 13.1. The van der Waals surface area contributed by atoms with Crippen LogP contribution in [0.25, 0.3) is 11.0 Å². The lowest BCUT2D eigenvalue weighted by Crippen LogP contribution is -2.11. The van der Waals surface area contributed by atoms with Gasteiger partial charge in [0.25, 0.3) is 0 Å². The molecular formula is C18H18N2O7. The first kappa shape index (κ1) is 18.2. The zero-order valence-electron chi connectivity index (χ0n) is 14.8. The average Bonchev–Trinajstić information content (AvgIpc) is 3.06. The molecule has 0 fully saturated rings. The standard InChI is InChI=1S/C18H18N2O7/c1-24-11-5-4-9-13(18(20-19)27-16(9)15(11)23)14(22)8-6-10(21)17(26-3)12(7-8)25-2/h4-7,20-21,23H,19H2,1-3H3. The van der Waals surface area contributed by atoms with E-state index < -0.39 is 5.78 Å². The van der Waals surface area contributed by atoms with Crippen LogP contribution in [0.5, 0.6) is 28.7 Å². The van der Waals surface area contributed by atoms with Gasteiger partial charge in [0.05, 0.1) is 26.9 Å². The van der Waals surface area contributed by atoms with Gasteiger partial charge in [0.2, 0.25) is 17.4 Å². The number of ether oxygens (including phenoxy) is 3. The van der Waals surface area contributed by atoms with Gasteiger partial charge in [-0.2, -0.15) is 0 Å². The topological polar surface area (TPSA) is 136 Å². The second-order valence-corrected chi connectivity index (χ2v) is 5.50. The highest BCUT2D eigenvalue weighted by molar-refractivity contribution is 6.20. The number of carbonyl (C=O) groups is 1. The van der Waals surface area contributed by atoms with Crippen LogP contribution in [0.1, 0.15) is 15.9 Å². The van der Waals surface area contributed by atoms with Crippen LogP contribution in [0.15, 0.2) is 28.7 Å². The highest BCUT2D eigenvalue weighted by atomic mass is 16.5. The van der Waals surface area contributed by atoms with E-state index in [0.29, 0.717) is 5.39 Å². The van der Waals surface area contributed by atoms with Crippen molar-refractivity contribution < 1.29 is 33.6 Å². The minimum Gasteiger partial charge on any atom is -0.504 e. The third-order valence-corrected chi connectivity index (χ3v) is 4.09. The first-order chi connectivity index (χ1) is 13.0. The smallest absolute Gasteiger partial charge is 0.219 e. The van der Waals surface area contributed by atoms with E-state index in [2.05, 4.69) is 5.43 Å². The Morgan fingerprint density at radius 2 is 1.78 bits per heavy atom. The Morgan fingerprint density at radius 1 is 1.07 bits per heavy atom. The van der Waals surface area contributed by atoms with Gasteiger partial charge < -0.3 is 28.8 Å². The maximum Gasteiger partial charge on any atom is 0.219 e.